The van der Waals surface area contributed by atoms with Crippen LogP contribution in [0, 0.1) is 10.1 Å². The largest absolute Gasteiger partial charge is 0.481 e. The molecule has 0 saturated heterocycles. The Kier molecular flexibility index (Phi) is 4.43. The molecule has 0 bridgehead atoms. The van der Waals surface area contributed by atoms with Crippen LogP contribution in [0.5, 0.6) is 5.75 Å². The zero-order valence-corrected chi connectivity index (χ0v) is 11.1. The van der Waals surface area contributed by atoms with E-state index in [-0.39, 0.29) is 18.0 Å². The fourth-order valence-corrected chi connectivity index (χ4v) is 2.11. The van der Waals surface area contributed by atoms with Gasteiger partial charge in [0.2, 0.25) is 0 Å². The van der Waals surface area contributed by atoms with Crippen LogP contribution >= 0.6 is 11.3 Å². The van der Waals surface area contributed by atoms with E-state index >= 15 is 0 Å². The Balaban J connectivity index is 2.19. The molecule has 0 atom stereocenters. The minimum absolute atomic E-state index is 0.0237. The summed E-state index contributed by atoms with van der Waals surface area (Å²) >= 11 is 1.45. The van der Waals surface area contributed by atoms with Gasteiger partial charge >= 0.3 is 5.69 Å². The summed E-state index contributed by atoms with van der Waals surface area (Å²) in [4.78, 5) is 15.4. The summed E-state index contributed by atoms with van der Waals surface area (Å²) in [5.74, 6) is 0.283. The first-order valence-corrected chi connectivity index (χ1v) is 6.50. The van der Waals surface area contributed by atoms with E-state index in [2.05, 4.69) is 10.3 Å². The molecule has 0 fully saturated rings. The van der Waals surface area contributed by atoms with Crippen LogP contribution in [0.1, 0.15) is 10.4 Å². The Morgan fingerprint density at radius 2 is 2.37 bits per heavy atom. The molecule has 1 heterocycles. The molecular weight excluding hydrogens is 266 g/mol. The van der Waals surface area contributed by atoms with Crippen LogP contribution < -0.4 is 10.1 Å². The molecule has 0 saturated carbocycles. The maximum absolute atomic E-state index is 11.0. The summed E-state index contributed by atoms with van der Waals surface area (Å²) in [5, 5.41) is 13.9. The van der Waals surface area contributed by atoms with Crippen molar-refractivity contribution >= 4 is 17.0 Å². The van der Waals surface area contributed by atoms with Gasteiger partial charge in [-0.1, -0.05) is 6.07 Å². The average molecular weight is 279 g/mol. The molecule has 7 heteroatoms. The zero-order valence-electron chi connectivity index (χ0n) is 10.3. The van der Waals surface area contributed by atoms with Gasteiger partial charge in [0, 0.05) is 18.8 Å². The lowest BCUT2D eigenvalue weighted by Gasteiger charge is -2.07. The molecule has 2 aromatic rings. The number of hydrogen-bond acceptors (Lipinski definition) is 6. The Hall–Kier alpha value is -1.99. The van der Waals surface area contributed by atoms with Crippen molar-refractivity contribution in [2.24, 2.45) is 0 Å². The van der Waals surface area contributed by atoms with Crippen LogP contribution in [0.4, 0.5) is 5.69 Å². The summed E-state index contributed by atoms with van der Waals surface area (Å²) in [6.45, 7) is 0.920. The molecule has 0 aliphatic rings. The standard InChI is InChI=1S/C12H13N3O3S/c1-13-5-9-2-3-11(15(16)17)12(4-9)18-7-10-6-14-8-19-10/h2-4,6,8,13H,5,7H2,1H3. The van der Waals surface area contributed by atoms with Crippen LogP contribution in [-0.4, -0.2) is 17.0 Å². The molecule has 100 valence electrons. The van der Waals surface area contributed by atoms with E-state index in [1.54, 1.807) is 23.8 Å². The minimum atomic E-state index is -0.439. The number of aromatic nitrogens is 1. The number of thiazole rings is 1. The van der Waals surface area contributed by atoms with Crippen molar-refractivity contribution < 1.29 is 9.66 Å². The number of hydrogen-bond donors (Lipinski definition) is 1. The third-order valence-corrected chi connectivity index (χ3v) is 3.21. The van der Waals surface area contributed by atoms with E-state index in [1.807, 2.05) is 7.05 Å². The highest BCUT2D eigenvalue weighted by atomic mass is 32.1. The SMILES string of the molecule is CNCc1ccc([N+](=O)[O-])c(OCc2cncs2)c1. The van der Waals surface area contributed by atoms with E-state index in [4.69, 9.17) is 4.74 Å². The highest BCUT2D eigenvalue weighted by Crippen LogP contribution is 2.29. The van der Waals surface area contributed by atoms with Crippen molar-refractivity contribution in [2.75, 3.05) is 7.05 Å². The minimum Gasteiger partial charge on any atom is -0.481 e. The molecule has 0 aliphatic carbocycles. The van der Waals surface area contributed by atoms with E-state index in [0.29, 0.717) is 6.54 Å². The van der Waals surface area contributed by atoms with E-state index in [9.17, 15) is 10.1 Å². The van der Waals surface area contributed by atoms with Crippen molar-refractivity contribution in [3.8, 4) is 5.75 Å². The number of nitrogens with one attached hydrogen (secondary N) is 1. The molecule has 6 nitrogen and oxygen atoms in total. The van der Waals surface area contributed by atoms with Crippen LogP contribution in [0.25, 0.3) is 0 Å². The Morgan fingerprint density at radius 1 is 1.53 bits per heavy atom. The highest BCUT2D eigenvalue weighted by molar-refractivity contribution is 7.09. The van der Waals surface area contributed by atoms with Crippen molar-refractivity contribution in [3.05, 3.63) is 50.5 Å². The summed E-state index contributed by atoms with van der Waals surface area (Å²) in [7, 11) is 1.82. The predicted octanol–water partition coefficient (Wildman–Crippen LogP) is 2.35. The molecule has 0 radical (unpaired) electrons. The molecule has 0 spiro atoms. The van der Waals surface area contributed by atoms with Crippen molar-refractivity contribution in [2.45, 2.75) is 13.2 Å². The molecule has 1 aromatic heterocycles. The predicted molar refractivity (Wildman–Crippen MR) is 72.3 cm³/mol. The molecule has 19 heavy (non-hydrogen) atoms. The Bertz CT molecular complexity index is 557. The van der Waals surface area contributed by atoms with Gasteiger partial charge in [0.15, 0.2) is 5.75 Å². The molecule has 2 rings (SSSR count). The molecular formula is C12H13N3O3S. The molecule has 1 aromatic carbocycles. The van der Waals surface area contributed by atoms with Gasteiger partial charge in [0.25, 0.3) is 0 Å². The number of benzene rings is 1. The molecule has 1 N–H and O–H groups in total. The van der Waals surface area contributed by atoms with E-state index < -0.39 is 4.92 Å². The first kappa shape index (κ1) is 13.4. The van der Waals surface area contributed by atoms with Gasteiger partial charge in [-0.05, 0) is 18.7 Å². The van der Waals surface area contributed by atoms with Crippen LogP contribution in [0.3, 0.4) is 0 Å². The van der Waals surface area contributed by atoms with Gasteiger partial charge < -0.3 is 10.1 Å². The smallest absolute Gasteiger partial charge is 0.310 e. The second-order valence-corrected chi connectivity index (χ2v) is 4.82. The van der Waals surface area contributed by atoms with Gasteiger partial charge in [-0.2, -0.15) is 0 Å². The Labute approximate surface area is 114 Å². The van der Waals surface area contributed by atoms with Gasteiger partial charge in [-0.15, -0.1) is 11.3 Å². The lowest BCUT2D eigenvalue weighted by Crippen LogP contribution is -2.06. The third kappa shape index (κ3) is 3.49. The van der Waals surface area contributed by atoms with Crippen molar-refractivity contribution in [3.63, 3.8) is 0 Å². The first-order valence-electron chi connectivity index (χ1n) is 5.63. The second kappa shape index (κ2) is 6.26. The van der Waals surface area contributed by atoms with Gasteiger partial charge in [-0.3, -0.25) is 15.1 Å². The van der Waals surface area contributed by atoms with Gasteiger partial charge in [-0.25, -0.2) is 0 Å². The Morgan fingerprint density at radius 3 is 3.00 bits per heavy atom. The fourth-order valence-electron chi connectivity index (χ4n) is 1.60. The van der Waals surface area contributed by atoms with Crippen molar-refractivity contribution in [1.29, 1.82) is 0 Å². The average Bonchev–Trinajstić information content (AvgIpc) is 2.89. The van der Waals surface area contributed by atoms with Crippen LogP contribution in [-0.2, 0) is 13.2 Å². The van der Waals surface area contributed by atoms with E-state index in [0.717, 1.165) is 10.4 Å². The maximum Gasteiger partial charge on any atom is 0.310 e. The van der Waals surface area contributed by atoms with Crippen LogP contribution in [0.2, 0.25) is 0 Å². The summed E-state index contributed by atoms with van der Waals surface area (Å²) in [6, 6.07) is 4.87. The second-order valence-electron chi connectivity index (χ2n) is 3.85. The summed E-state index contributed by atoms with van der Waals surface area (Å²) in [6.07, 6.45) is 1.69. The number of rotatable bonds is 6. The quantitative estimate of drug-likeness (QED) is 0.648. The monoisotopic (exact) mass is 279 g/mol. The molecule has 0 aliphatic heterocycles. The van der Waals surface area contributed by atoms with Crippen LogP contribution in [0.15, 0.2) is 29.9 Å². The van der Waals surface area contributed by atoms with E-state index in [1.165, 1.54) is 17.4 Å². The fraction of sp³-hybridized carbons (Fsp3) is 0.250. The number of nitro benzene ring substituents is 1. The lowest BCUT2D eigenvalue weighted by molar-refractivity contribution is -0.386. The topological polar surface area (TPSA) is 77.3 Å². The van der Waals surface area contributed by atoms with Gasteiger partial charge in [0.05, 0.1) is 15.3 Å². The molecule has 0 unspecified atom stereocenters. The lowest BCUT2D eigenvalue weighted by atomic mass is 10.2. The summed E-state index contributed by atoms with van der Waals surface area (Å²) < 4.78 is 5.53. The zero-order chi connectivity index (χ0) is 13.7. The maximum atomic E-state index is 11.0. The van der Waals surface area contributed by atoms with Crippen molar-refractivity contribution in [1.82, 2.24) is 10.3 Å². The number of ether oxygens (including phenoxy) is 1. The first-order chi connectivity index (χ1) is 9.20. The normalized spacial score (nSPS) is 10.4. The summed E-state index contributed by atoms with van der Waals surface area (Å²) in [5.41, 5.74) is 2.61. The number of nitro groups is 1. The highest BCUT2D eigenvalue weighted by Gasteiger charge is 2.15. The molecule has 0 amide bonds. The third-order valence-electron chi connectivity index (χ3n) is 2.46. The number of nitrogens with zero attached hydrogens (tertiary/aromatic N) is 2. The van der Waals surface area contributed by atoms with Gasteiger partial charge in [0.1, 0.15) is 6.61 Å².